The molecule has 0 radical (unpaired) electrons. The Morgan fingerprint density at radius 1 is 1.57 bits per heavy atom. The van der Waals surface area contributed by atoms with Gasteiger partial charge in [-0.1, -0.05) is 17.7 Å². The minimum Gasteiger partial charge on any atom is -0.289 e. The first-order valence-electron chi connectivity index (χ1n) is 3.88. The number of halogens is 3. The second kappa shape index (κ2) is 4.71. The van der Waals surface area contributed by atoms with Crippen molar-refractivity contribution in [3.63, 3.8) is 0 Å². The lowest BCUT2D eigenvalue weighted by Gasteiger charge is -2.02. The van der Waals surface area contributed by atoms with Gasteiger partial charge in [0.1, 0.15) is 0 Å². The zero-order valence-corrected chi connectivity index (χ0v) is 9.69. The van der Waals surface area contributed by atoms with Crippen molar-refractivity contribution in [1.82, 2.24) is 0 Å². The molecule has 0 N–H and O–H groups in total. The smallest absolute Gasteiger partial charge is 0.188 e. The Bertz CT molecular complexity index is 401. The fraction of sp³-hybridized carbons (Fsp3) is 0.100. The Hall–Kier alpha value is -0.670. The van der Waals surface area contributed by atoms with Crippen molar-refractivity contribution < 1.29 is 9.18 Å². The Balaban J connectivity index is 3.24. The molecule has 1 aromatic rings. The lowest BCUT2D eigenvalue weighted by Crippen LogP contribution is -1.99. The average Bonchev–Trinajstić information content (AvgIpc) is 2.15. The third-order valence-corrected chi connectivity index (χ3v) is 2.88. The number of benzene rings is 1. The lowest BCUT2D eigenvalue weighted by atomic mass is 10.1. The van der Waals surface area contributed by atoms with Crippen LogP contribution >= 0.6 is 27.5 Å². The standard InChI is InChI=1S/C10H7BrClFO/c1-2-3-8(14)6-4-5-7(11)9(12)10(6)13/h2-5H,1H3/b3-2+. The topological polar surface area (TPSA) is 17.1 Å². The number of hydrogen-bond acceptors (Lipinski definition) is 1. The quantitative estimate of drug-likeness (QED) is 0.454. The van der Waals surface area contributed by atoms with E-state index in [9.17, 15) is 9.18 Å². The van der Waals surface area contributed by atoms with E-state index in [1.807, 2.05) is 0 Å². The van der Waals surface area contributed by atoms with Gasteiger partial charge in [0, 0.05) is 4.47 Å². The summed E-state index contributed by atoms with van der Waals surface area (Å²) in [6.45, 7) is 1.69. The zero-order chi connectivity index (χ0) is 10.7. The van der Waals surface area contributed by atoms with Crippen LogP contribution in [0.15, 0.2) is 28.8 Å². The van der Waals surface area contributed by atoms with Crippen LogP contribution in [0.3, 0.4) is 0 Å². The third kappa shape index (κ3) is 2.22. The number of ketones is 1. The summed E-state index contributed by atoms with van der Waals surface area (Å²) in [5.41, 5.74) is -0.0173. The van der Waals surface area contributed by atoms with Crippen molar-refractivity contribution in [2.24, 2.45) is 0 Å². The van der Waals surface area contributed by atoms with Crippen molar-refractivity contribution in [3.8, 4) is 0 Å². The normalized spacial score (nSPS) is 10.9. The molecule has 0 spiro atoms. The van der Waals surface area contributed by atoms with Gasteiger partial charge in [-0.3, -0.25) is 4.79 Å². The summed E-state index contributed by atoms with van der Waals surface area (Å²) in [7, 11) is 0. The van der Waals surface area contributed by atoms with Gasteiger partial charge in [0.05, 0.1) is 10.6 Å². The molecule has 0 heterocycles. The third-order valence-electron chi connectivity index (χ3n) is 1.62. The first-order chi connectivity index (χ1) is 6.57. The van der Waals surface area contributed by atoms with E-state index in [2.05, 4.69) is 15.9 Å². The van der Waals surface area contributed by atoms with Gasteiger partial charge < -0.3 is 0 Å². The molecule has 0 unspecified atom stereocenters. The van der Waals surface area contributed by atoms with Crippen LogP contribution in [0.2, 0.25) is 5.02 Å². The van der Waals surface area contributed by atoms with Crippen LogP contribution < -0.4 is 0 Å². The molecule has 0 aliphatic heterocycles. The van der Waals surface area contributed by atoms with Crippen molar-refractivity contribution >= 4 is 33.3 Å². The van der Waals surface area contributed by atoms with Crippen LogP contribution in [-0.2, 0) is 0 Å². The summed E-state index contributed by atoms with van der Waals surface area (Å²) in [4.78, 5) is 11.3. The predicted octanol–water partition coefficient (Wildman–Crippen LogP) is 4.00. The van der Waals surface area contributed by atoms with Gasteiger partial charge in [0.15, 0.2) is 11.6 Å². The fourth-order valence-corrected chi connectivity index (χ4v) is 1.43. The van der Waals surface area contributed by atoms with E-state index in [4.69, 9.17) is 11.6 Å². The number of allylic oxidation sites excluding steroid dienone is 2. The monoisotopic (exact) mass is 276 g/mol. The Morgan fingerprint density at radius 2 is 2.21 bits per heavy atom. The van der Waals surface area contributed by atoms with Crippen molar-refractivity contribution in [2.45, 2.75) is 6.92 Å². The van der Waals surface area contributed by atoms with Crippen LogP contribution in [-0.4, -0.2) is 5.78 Å². The largest absolute Gasteiger partial charge is 0.289 e. The maximum absolute atomic E-state index is 13.4. The summed E-state index contributed by atoms with van der Waals surface area (Å²) < 4.78 is 13.9. The number of hydrogen-bond donors (Lipinski definition) is 0. The molecule has 14 heavy (non-hydrogen) atoms. The highest BCUT2D eigenvalue weighted by Gasteiger charge is 2.13. The van der Waals surface area contributed by atoms with Crippen LogP contribution in [0.5, 0.6) is 0 Å². The molecule has 74 valence electrons. The minimum atomic E-state index is -0.691. The van der Waals surface area contributed by atoms with Gasteiger partial charge in [-0.05, 0) is 41.1 Å². The second-order valence-corrected chi connectivity index (χ2v) is 3.82. The number of carbonyl (C=O) groups excluding carboxylic acids is 1. The second-order valence-electron chi connectivity index (χ2n) is 2.59. The number of rotatable bonds is 2. The molecule has 0 fully saturated rings. The van der Waals surface area contributed by atoms with Gasteiger partial charge in [-0.15, -0.1) is 0 Å². The van der Waals surface area contributed by atoms with E-state index in [0.717, 1.165) is 0 Å². The summed E-state index contributed by atoms with van der Waals surface area (Å²) in [5.74, 6) is -1.08. The highest BCUT2D eigenvalue weighted by atomic mass is 79.9. The Morgan fingerprint density at radius 3 is 2.79 bits per heavy atom. The fourth-order valence-electron chi connectivity index (χ4n) is 0.957. The van der Waals surface area contributed by atoms with Gasteiger partial charge in [-0.2, -0.15) is 0 Å². The zero-order valence-electron chi connectivity index (χ0n) is 7.35. The van der Waals surface area contributed by atoms with Gasteiger partial charge >= 0.3 is 0 Å². The predicted molar refractivity (Wildman–Crippen MR) is 58.3 cm³/mol. The first-order valence-corrected chi connectivity index (χ1v) is 5.05. The number of carbonyl (C=O) groups is 1. The maximum atomic E-state index is 13.4. The molecule has 0 aliphatic rings. The van der Waals surface area contributed by atoms with E-state index >= 15 is 0 Å². The average molecular weight is 278 g/mol. The van der Waals surface area contributed by atoms with Gasteiger partial charge in [-0.25, -0.2) is 4.39 Å². The molecule has 0 aromatic heterocycles. The van der Waals surface area contributed by atoms with Crippen molar-refractivity contribution in [2.75, 3.05) is 0 Å². The van der Waals surface area contributed by atoms with Crippen LogP contribution in [0.25, 0.3) is 0 Å². The molecule has 0 saturated heterocycles. The molecule has 4 heteroatoms. The molecule has 0 atom stereocenters. The van der Waals surface area contributed by atoms with Crippen molar-refractivity contribution in [3.05, 3.63) is 45.2 Å². The van der Waals surface area contributed by atoms with Gasteiger partial charge in [0.25, 0.3) is 0 Å². The molecule has 1 nitrogen and oxygen atoms in total. The molecule has 0 bridgehead atoms. The SMILES string of the molecule is C/C=C/C(=O)c1ccc(Br)c(Cl)c1F. The summed E-state index contributed by atoms with van der Waals surface area (Å²) in [6.07, 6.45) is 2.85. The first kappa shape index (κ1) is 11.4. The molecule has 1 rings (SSSR count). The Labute approximate surface area is 94.7 Å². The summed E-state index contributed by atoms with van der Waals surface area (Å²) >= 11 is 8.70. The maximum Gasteiger partial charge on any atom is 0.188 e. The van der Waals surface area contributed by atoms with Crippen LogP contribution in [0.1, 0.15) is 17.3 Å². The van der Waals surface area contributed by atoms with Crippen molar-refractivity contribution in [1.29, 1.82) is 0 Å². The van der Waals surface area contributed by atoms with Crippen LogP contribution in [0, 0.1) is 5.82 Å². The van der Waals surface area contributed by atoms with E-state index in [0.29, 0.717) is 4.47 Å². The Kier molecular flexibility index (Phi) is 3.84. The lowest BCUT2D eigenvalue weighted by molar-refractivity contribution is 0.104. The van der Waals surface area contributed by atoms with Gasteiger partial charge in [0.2, 0.25) is 0 Å². The highest BCUT2D eigenvalue weighted by molar-refractivity contribution is 9.10. The molecule has 0 aliphatic carbocycles. The highest BCUT2D eigenvalue weighted by Crippen LogP contribution is 2.27. The molecule has 0 saturated carbocycles. The summed E-state index contributed by atoms with van der Waals surface area (Å²) in [6, 6.07) is 2.94. The molecular weight excluding hydrogens is 270 g/mol. The minimum absolute atomic E-state index is 0.0173. The van der Waals surface area contributed by atoms with E-state index in [-0.39, 0.29) is 16.4 Å². The molecule has 0 amide bonds. The van der Waals surface area contributed by atoms with E-state index in [1.54, 1.807) is 19.1 Å². The van der Waals surface area contributed by atoms with E-state index < -0.39 is 5.82 Å². The molecule has 1 aromatic carbocycles. The summed E-state index contributed by atoms with van der Waals surface area (Å²) in [5, 5.41) is -0.0691. The van der Waals surface area contributed by atoms with Crippen LogP contribution in [0.4, 0.5) is 4.39 Å². The van der Waals surface area contributed by atoms with E-state index in [1.165, 1.54) is 12.1 Å². The molecular formula is C10H7BrClFO.